The molecule has 8 heteroatoms. The van der Waals surface area contributed by atoms with E-state index in [1.54, 1.807) is 18.2 Å². The summed E-state index contributed by atoms with van der Waals surface area (Å²) in [5.74, 6) is 1.34. The minimum atomic E-state index is -0.648. The van der Waals surface area contributed by atoms with E-state index in [1.807, 2.05) is 22.7 Å². The average molecular weight is 434 g/mol. The molecule has 0 radical (unpaired) electrons. The maximum Gasteiger partial charge on any atom is 0.274 e. The summed E-state index contributed by atoms with van der Waals surface area (Å²) in [6, 6.07) is 8.35. The van der Waals surface area contributed by atoms with Gasteiger partial charge in [-0.2, -0.15) is 4.98 Å². The summed E-state index contributed by atoms with van der Waals surface area (Å²) >= 11 is 0. The van der Waals surface area contributed by atoms with Crippen LogP contribution in [0.15, 0.2) is 36.7 Å². The highest BCUT2D eigenvalue weighted by molar-refractivity contribution is 5.93. The Kier molecular flexibility index (Phi) is 4.48. The average Bonchev–Trinajstić information content (AvgIpc) is 3.58. The number of ether oxygens (including phenoxy) is 1. The lowest BCUT2D eigenvalue weighted by Crippen LogP contribution is -2.65. The number of fused-ring (bicyclic) bond motifs is 2. The lowest BCUT2D eigenvalue weighted by Gasteiger charge is -2.48. The van der Waals surface area contributed by atoms with E-state index in [1.165, 1.54) is 11.1 Å². The predicted molar refractivity (Wildman–Crippen MR) is 118 cm³/mol. The van der Waals surface area contributed by atoms with Crippen LogP contribution in [0, 0.1) is 0 Å². The molecule has 2 aromatic heterocycles. The summed E-state index contributed by atoms with van der Waals surface area (Å²) in [6.45, 7) is 1.60. The number of nitrogens with one attached hydrogen (secondary N) is 1. The topological polar surface area (TPSA) is 92.0 Å². The van der Waals surface area contributed by atoms with Gasteiger partial charge in [0.15, 0.2) is 0 Å². The van der Waals surface area contributed by atoms with E-state index in [0.29, 0.717) is 36.2 Å². The van der Waals surface area contributed by atoms with Gasteiger partial charge in [-0.05, 0) is 42.7 Å². The van der Waals surface area contributed by atoms with Crippen molar-refractivity contribution in [1.29, 1.82) is 0 Å². The Morgan fingerprint density at radius 2 is 2.03 bits per heavy atom. The standard InChI is InChI=1S/C24H27N5O3/c1-32-21-18(15-6-7-15)12-29-13-19(26-23(29)27-21)22(31)28-9-8-24(20(30)14-28)10-16-4-2-3-5-17(16)11-25-24/h2-5,12-13,15,20,25,30H,6-11,14H2,1H3/t20-,24+/m1/s1. The van der Waals surface area contributed by atoms with Crippen LogP contribution in [0.4, 0.5) is 0 Å². The van der Waals surface area contributed by atoms with Gasteiger partial charge in [0, 0.05) is 37.6 Å². The van der Waals surface area contributed by atoms with E-state index >= 15 is 0 Å². The van der Waals surface area contributed by atoms with Gasteiger partial charge >= 0.3 is 0 Å². The minimum Gasteiger partial charge on any atom is -0.481 e. The van der Waals surface area contributed by atoms with Gasteiger partial charge in [-0.15, -0.1) is 0 Å². The first kappa shape index (κ1) is 19.7. The van der Waals surface area contributed by atoms with Crippen LogP contribution in [-0.4, -0.2) is 62.1 Å². The molecule has 0 bridgehead atoms. The number of imidazole rings is 1. The zero-order chi connectivity index (χ0) is 21.9. The van der Waals surface area contributed by atoms with Crippen molar-refractivity contribution in [3.05, 3.63) is 59.0 Å². The van der Waals surface area contributed by atoms with E-state index < -0.39 is 11.6 Å². The van der Waals surface area contributed by atoms with Gasteiger partial charge in [0.1, 0.15) is 5.69 Å². The number of aliphatic hydroxyl groups is 1. The summed E-state index contributed by atoms with van der Waals surface area (Å²) in [6.07, 6.45) is 6.80. The number of likely N-dealkylation sites (tertiary alicyclic amines) is 1. The Balaban J connectivity index is 1.22. The normalized spacial score (nSPS) is 25.2. The molecule has 1 aromatic carbocycles. The molecule has 1 spiro atoms. The third-order valence-electron chi connectivity index (χ3n) is 7.27. The summed E-state index contributed by atoms with van der Waals surface area (Å²) in [7, 11) is 1.61. The number of hydrogen-bond acceptors (Lipinski definition) is 6. The molecule has 2 N–H and O–H groups in total. The molecule has 166 valence electrons. The van der Waals surface area contributed by atoms with Crippen molar-refractivity contribution in [2.45, 2.75) is 49.8 Å². The zero-order valence-electron chi connectivity index (χ0n) is 18.1. The molecule has 3 aliphatic rings. The summed E-state index contributed by atoms with van der Waals surface area (Å²) in [5.41, 5.74) is 3.57. The summed E-state index contributed by atoms with van der Waals surface area (Å²) < 4.78 is 7.25. The van der Waals surface area contributed by atoms with E-state index in [9.17, 15) is 9.90 Å². The van der Waals surface area contributed by atoms with Crippen LogP contribution in [0.1, 0.15) is 52.4 Å². The smallest absolute Gasteiger partial charge is 0.274 e. The van der Waals surface area contributed by atoms with Gasteiger partial charge < -0.3 is 20.1 Å². The molecule has 1 aliphatic carbocycles. The van der Waals surface area contributed by atoms with Crippen LogP contribution in [0.3, 0.4) is 0 Å². The Bertz CT molecular complexity index is 1200. The largest absolute Gasteiger partial charge is 0.481 e. The van der Waals surface area contributed by atoms with Crippen LogP contribution in [0.25, 0.3) is 5.78 Å². The third-order valence-corrected chi connectivity index (χ3v) is 7.27. The molecular weight excluding hydrogens is 406 g/mol. The molecule has 1 saturated carbocycles. The highest BCUT2D eigenvalue weighted by atomic mass is 16.5. The van der Waals surface area contributed by atoms with Gasteiger partial charge in [0.2, 0.25) is 11.7 Å². The number of nitrogens with zero attached hydrogens (tertiary/aromatic N) is 4. The molecule has 2 fully saturated rings. The van der Waals surface area contributed by atoms with E-state index in [0.717, 1.165) is 31.4 Å². The molecular formula is C24H27N5O3. The molecule has 3 aromatic rings. The van der Waals surface area contributed by atoms with Crippen LogP contribution in [0.5, 0.6) is 5.88 Å². The number of aromatic nitrogens is 3. The number of aliphatic hydroxyl groups excluding tert-OH is 1. The van der Waals surface area contributed by atoms with Crippen LogP contribution in [0.2, 0.25) is 0 Å². The van der Waals surface area contributed by atoms with Crippen LogP contribution < -0.4 is 10.1 Å². The van der Waals surface area contributed by atoms with Crippen molar-refractivity contribution < 1.29 is 14.6 Å². The number of carbonyl (C=O) groups excluding carboxylic acids is 1. The fourth-order valence-electron chi connectivity index (χ4n) is 5.17. The molecule has 0 unspecified atom stereocenters. The van der Waals surface area contributed by atoms with Gasteiger partial charge in [-0.1, -0.05) is 24.3 Å². The minimum absolute atomic E-state index is 0.174. The number of methoxy groups -OCH3 is 1. The Hall–Kier alpha value is -2.97. The quantitative estimate of drug-likeness (QED) is 0.656. The third kappa shape index (κ3) is 3.17. The maximum absolute atomic E-state index is 13.2. The molecule has 2 aliphatic heterocycles. The monoisotopic (exact) mass is 433 g/mol. The van der Waals surface area contributed by atoms with Crippen molar-refractivity contribution in [2.24, 2.45) is 0 Å². The van der Waals surface area contributed by atoms with Crippen LogP contribution in [-0.2, 0) is 13.0 Å². The Labute approximate surface area is 186 Å². The molecule has 4 heterocycles. The maximum atomic E-state index is 13.2. The van der Waals surface area contributed by atoms with E-state index in [-0.39, 0.29) is 12.5 Å². The van der Waals surface area contributed by atoms with Crippen molar-refractivity contribution in [1.82, 2.24) is 24.6 Å². The van der Waals surface area contributed by atoms with Gasteiger partial charge in [-0.3, -0.25) is 9.20 Å². The summed E-state index contributed by atoms with van der Waals surface area (Å²) in [5, 5.41) is 14.6. The van der Waals surface area contributed by atoms with Gasteiger partial charge in [0.05, 0.1) is 18.8 Å². The number of β-amino-alcohol motifs (C(OH)–C–C–N with tert-alkyl or cyclic N) is 1. The van der Waals surface area contributed by atoms with E-state index in [4.69, 9.17) is 4.74 Å². The Morgan fingerprint density at radius 3 is 2.78 bits per heavy atom. The van der Waals surface area contributed by atoms with Gasteiger partial charge in [0.25, 0.3) is 5.91 Å². The first-order valence-corrected chi connectivity index (χ1v) is 11.3. The highest BCUT2D eigenvalue weighted by Gasteiger charge is 2.45. The van der Waals surface area contributed by atoms with Crippen molar-refractivity contribution in [3.8, 4) is 5.88 Å². The van der Waals surface area contributed by atoms with Gasteiger partial charge in [-0.25, -0.2) is 4.98 Å². The molecule has 2 atom stereocenters. The first-order chi connectivity index (χ1) is 15.6. The molecule has 8 nitrogen and oxygen atoms in total. The number of carbonyl (C=O) groups is 1. The molecule has 1 saturated heterocycles. The first-order valence-electron chi connectivity index (χ1n) is 11.3. The number of hydrogen-bond donors (Lipinski definition) is 2. The van der Waals surface area contributed by atoms with Crippen molar-refractivity contribution in [2.75, 3.05) is 20.2 Å². The number of amides is 1. The number of benzene rings is 1. The number of piperidine rings is 1. The zero-order valence-corrected chi connectivity index (χ0v) is 18.1. The number of rotatable bonds is 3. The highest BCUT2D eigenvalue weighted by Crippen LogP contribution is 2.43. The molecule has 6 rings (SSSR count). The second kappa shape index (κ2) is 7.28. The van der Waals surface area contributed by atoms with Crippen molar-refractivity contribution >= 4 is 11.7 Å². The molecule has 1 amide bonds. The second-order valence-corrected chi connectivity index (χ2v) is 9.29. The van der Waals surface area contributed by atoms with Crippen LogP contribution >= 0.6 is 0 Å². The fraction of sp³-hybridized carbons (Fsp3) is 0.458. The van der Waals surface area contributed by atoms with Crippen molar-refractivity contribution in [3.63, 3.8) is 0 Å². The predicted octanol–water partition coefficient (Wildman–Crippen LogP) is 1.91. The van der Waals surface area contributed by atoms with E-state index in [2.05, 4.69) is 27.4 Å². The summed E-state index contributed by atoms with van der Waals surface area (Å²) in [4.78, 5) is 23.9. The SMILES string of the molecule is COc1nc2nc(C(=O)N3CC[C@]4(Cc5ccccc5CN4)[C@H](O)C3)cn2cc1C1CC1. The molecule has 32 heavy (non-hydrogen) atoms. The second-order valence-electron chi connectivity index (χ2n) is 9.29. The lowest BCUT2D eigenvalue weighted by molar-refractivity contribution is -0.0140. The Morgan fingerprint density at radius 1 is 1.22 bits per heavy atom. The lowest BCUT2D eigenvalue weighted by atomic mass is 9.76. The fourth-order valence-corrected chi connectivity index (χ4v) is 5.17.